The van der Waals surface area contributed by atoms with Gasteiger partial charge in [-0.1, -0.05) is 12.1 Å². The van der Waals surface area contributed by atoms with E-state index >= 15 is 0 Å². The molecule has 32 heavy (non-hydrogen) atoms. The Labute approximate surface area is 189 Å². The zero-order chi connectivity index (χ0) is 23.3. The Morgan fingerprint density at radius 3 is 2.41 bits per heavy atom. The molecule has 0 fully saturated rings. The summed E-state index contributed by atoms with van der Waals surface area (Å²) in [6.45, 7) is 9.25. The minimum atomic E-state index is -0.466. The monoisotopic (exact) mass is 440 g/mol. The quantitative estimate of drug-likeness (QED) is 0.626. The van der Waals surface area contributed by atoms with E-state index in [1.165, 1.54) is 7.11 Å². The third-order valence-corrected chi connectivity index (χ3v) is 5.65. The minimum Gasteiger partial charge on any atom is -0.490 e. The highest BCUT2D eigenvalue weighted by atomic mass is 16.5. The normalized spacial score (nSPS) is 15.0. The second kappa shape index (κ2) is 10.4. The summed E-state index contributed by atoms with van der Waals surface area (Å²) >= 11 is 0. The molecule has 0 spiro atoms. The average molecular weight is 441 g/mol. The Morgan fingerprint density at radius 1 is 1.06 bits per heavy atom. The van der Waals surface area contributed by atoms with Crippen molar-refractivity contribution in [1.29, 1.82) is 0 Å². The van der Waals surface area contributed by atoms with Gasteiger partial charge in [0, 0.05) is 12.2 Å². The van der Waals surface area contributed by atoms with Crippen LogP contribution >= 0.6 is 0 Å². The number of fused-ring (bicyclic) bond motifs is 1. The molecule has 7 nitrogen and oxygen atoms in total. The number of anilines is 1. The molecule has 1 aliphatic heterocycles. The molecule has 1 aliphatic rings. The van der Waals surface area contributed by atoms with Gasteiger partial charge in [0.1, 0.15) is 0 Å². The maximum absolute atomic E-state index is 13.3. The molecule has 0 saturated carbocycles. The summed E-state index contributed by atoms with van der Waals surface area (Å²) in [6.07, 6.45) is 0.711. The number of benzene rings is 2. The molecule has 0 radical (unpaired) electrons. The number of methoxy groups -OCH3 is 1. The molecule has 2 amide bonds. The summed E-state index contributed by atoms with van der Waals surface area (Å²) in [7, 11) is 1.36. The summed E-state index contributed by atoms with van der Waals surface area (Å²) in [6, 6.07) is 9.08. The van der Waals surface area contributed by atoms with Crippen LogP contribution in [0.4, 0.5) is 10.5 Å². The number of hydrogen-bond donors (Lipinski definition) is 1. The Balaban J connectivity index is 1.97. The Hall–Kier alpha value is -3.22. The standard InChI is InChI=1S/C25H32N2O5/c1-6-31-22-13-18-10-11-27(25(29)26-20-12-16(3)8-9-17(20)4)21(15-24(28)30-5)19(18)14-23(22)32-7-2/h8-9,12-14,21H,6-7,10-11,15H2,1-5H3,(H,26,29). The third kappa shape index (κ3) is 5.15. The highest BCUT2D eigenvalue weighted by molar-refractivity contribution is 5.91. The van der Waals surface area contributed by atoms with Gasteiger partial charge in [-0.3, -0.25) is 4.79 Å². The van der Waals surface area contributed by atoms with Crippen LogP contribution in [0.25, 0.3) is 0 Å². The van der Waals surface area contributed by atoms with Crippen LogP contribution in [0, 0.1) is 13.8 Å². The number of carbonyl (C=O) groups is 2. The number of carbonyl (C=O) groups excluding carboxylic acids is 2. The third-order valence-electron chi connectivity index (χ3n) is 5.65. The Bertz CT molecular complexity index is 989. The van der Waals surface area contributed by atoms with Gasteiger partial charge in [-0.15, -0.1) is 0 Å². The highest BCUT2D eigenvalue weighted by Gasteiger charge is 2.34. The van der Waals surface area contributed by atoms with Crippen molar-refractivity contribution < 1.29 is 23.8 Å². The maximum atomic E-state index is 13.3. The van der Waals surface area contributed by atoms with Crippen molar-refractivity contribution in [2.45, 2.75) is 46.6 Å². The summed E-state index contributed by atoms with van der Waals surface area (Å²) in [4.78, 5) is 27.3. The molecular weight excluding hydrogens is 408 g/mol. The molecule has 2 aromatic rings. The molecule has 7 heteroatoms. The number of esters is 1. The van der Waals surface area contributed by atoms with E-state index in [4.69, 9.17) is 14.2 Å². The highest BCUT2D eigenvalue weighted by Crippen LogP contribution is 2.40. The lowest BCUT2D eigenvalue weighted by atomic mass is 9.90. The molecule has 0 aliphatic carbocycles. The first-order valence-electron chi connectivity index (χ1n) is 11.0. The summed E-state index contributed by atoms with van der Waals surface area (Å²) in [5.74, 6) is 0.914. The number of nitrogens with one attached hydrogen (secondary N) is 1. The maximum Gasteiger partial charge on any atom is 0.322 e. The molecule has 0 saturated heterocycles. The number of amides is 2. The smallest absolute Gasteiger partial charge is 0.322 e. The predicted octanol–water partition coefficient (Wildman–Crippen LogP) is 4.80. The van der Waals surface area contributed by atoms with Crippen molar-refractivity contribution in [3.05, 3.63) is 52.6 Å². The number of ether oxygens (including phenoxy) is 3. The van der Waals surface area contributed by atoms with Crippen molar-refractivity contribution in [1.82, 2.24) is 4.90 Å². The van der Waals surface area contributed by atoms with E-state index in [9.17, 15) is 9.59 Å². The van der Waals surface area contributed by atoms with Gasteiger partial charge in [0.25, 0.3) is 0 Å². The molecule has 0 bridgehead atoms. The molecule has 1 heterocycles. The van der Waals surface area contributed by atoms with E-state index in [-0.39, 0.29) is 18.4 Å². The van der Waals surface area contributed by atoms with E-state index in [0.29, 0.717) is 37.7 Å². The SMILES string of the molecule is CCOc1cc2c(cc1OCC)C(CC(=O)OC)N(C(=O)Nc1cc(C)ccc1C)CC2. The number of nitrogens with zero attached hydrogens (tertiary/aromatic N) is 1. The van der Waals surface area contributed by atoms with Gasteiger partial charge in [0.2, 0.25) is 0 Å². The lowest BCUT2D eigenvalue weighted by Gasteiger charge is -2.37. The second-order valence-electron chi connectivity index (χ2n) is 7.85. The van der Waals surface area contributed by atoms with Crippen LogP contribution in [-0.2, 0) is 16.0 Å². The van der Waals surface area contributed by atoms with Gasteiger partial charge < -0.3 is 24.4 Å². The van der Waals surface area contributed by atoms with Crippen molar-refractivity contribution >= 4 is 17.7 Å². The van der Waals surface area contributed by atoms with Crippen molar-refractivity contribution in [3.63, 3.8) is 0 Å². The van der Waals surface area contributed by atoms with Crippen LogP contribution in [0.3, 0.4) is 0 Å². The second-order valence-corrected chi connectivity index (χ2v) is 7.85. The summed E-state index contributed by atoms with van der Waals surface area (Å²) in [5.41, 5.74) is 4.72. The van der Waals surface area contributed by atoms with Gasteiger partial charge in [0.15, 0.2) is 11.5 Å². The van der Waals surface area contributed by atoms with Crippen molar-refractivity contribution in [2.75, 3.05) is 32.2 Å². The minimum absolute atomic E-state index is 0.0588. The Morgan fingerprint density at radius 2 is 1.75 bits per heavy atom. The molecule has 1 unspecified atom stereocenters. The molecular formula is C25H32N2O5. The predicted molar refractivity (Wildman–Crippen MR) is 123 cm³/mol. The first kappa shape index (κ1) is 23.4. The number of urea groups is 1. The Kier molecular flexibility index (Phi) is 7.62. The topological polar surface area (TPSA) is 77.1 Å². The lowest BCUT2D eigenvalue weighted by Crippen LogP contribution is -2.43. The number of rotatable bonds is 7. The fourth-order valence-corrected chi connectivity index (χ4v) is 4.01. The van der Waals surface area contributed by atoms with Crippen molar-refractivity contribution in [3.8, 4) is 11.5 Å². The molecule has 2 aromatic carbocycles. The largest absolute Gasteiger partial charge is 0.490 e. The van der Waals surface area contributed by atoms with Gasteiger partial charge in [-0.05, 0) is 74.6 Å². The number of hydrogen-bond acceptors (Lipinski definition) is 5. The lowest BCUT2D eigenvalue weighted by molar-refractivity contribution is -0.141. The van der Waals surface area contributed by atoms with E-state index < -0.39 is 6.04 Å². The van der Waals surface area contributed by atoms with Crippen LogP contribution < -0.4 is 14.8 Å². The van der Waals surface area contributed by atoms with Crippen LogP contribution in [0.15, 0.2) is 30.3 Å². The van der Waals surface area contributed by atoms with E-state index in [2.05, 4.69) is 5.32 Å². The zero-order valence-corrected chi connectivity index (χ0v) is 19.5. The first-order chi connectivity index (χ1) is 15.4. The van der Waals surface area contributed by atoms with Gasteiger partial charge >= 0.3 is 12.0 Å². The van der Waals surface area contributed by atoms with Gasteiger partial charge in [0.05, 0.1) is 32.8 Å². The van der Waals surface area contributed by atoms with Crippen LogP contribution in [0.1, 0.15) is 48.6 Å². The van der Waals surface area contributed by atoms with E-state index in [1.54, 1.807) is 4.90 Å². The van der Waals surface area contributed by atoms with Crippen LogP contribution in [0.2, 0.25) is 0 Å². The zero-order valence-electron chi connectivity index (χ0n) is 19.5. The molecule has 0 aromatic heterocycles. The van der Waals surface area contributed by atoms with Gasteiger partial charge in [-0.25, -0.2) is 4.79 Å². The fourth-order valence-electron chi connectivity index (χ4n) is 4.01. The van der Waals surface area contributed by atoms with Crippen molar-refractivity contribution in [2.24, 2.45) is 0 Å². The fraction of sp³-hybridized carbons (Fsp3) is 0.440. The molecule has 3 rings (SSSR count). The van der Waals surface area contributed by atoms with Crippen LogP contribution in [-0.4, -0.2) is 43.8 Å². The average Bonchev–Trinajstić information content (AvgIpc) is 2.77. The van der Waals surface area contributed by atoms with E-state index in [0.717, 1.165) is 27.9 Å². The summed E-state index contributed by atoms with van der Waals surface area (Å²) in [5, 5.41) is 3.02. The molecule has 1 N–H and O–H groups in total. The first-order valence-corrected chi connectivity index (χ1v) is 11.0. The number of aryl methyl sites for hydroxylation is 2. The molecule has 1 atom stereocenters. The molecule has 172 valence electrons. The summed E-state index contributed by atoms with van der Waals surface area (Å²) < 4.78 is 16.5. The van der Waals surface area contributed by atoms with E-state index in [1.807, 2.05) is 58.0 Å². The van der Waals surface area contributed by atoms with Crippen LogP contribution in [0.5, 0.6) is 11.5 Å². The van der Waals surface area contributed by atoms with Gasteiger partial charge in [-0.2, -0.15) is 0 Å².